The Bertz CT molecular complexity index is 730. The molecule has 0 radical (unpaired) electrons. The molecule has 3 N–H and O–H groups in total. The predicted molar refractivity (Wildman–Crippen MR) is 121 cm³/mol. The van der Waals surface area contributed by atoms with E-state index in [4.69, 9.17) is 10.5 Å². The standard InChI is InChI=1S/C21H28N4O.HI/c1-17-6-2-3-8-19(17)21(10-14-26-15-11-21)16-25-20(22)24-13-9-18-7-4-5-12-23-18;/h2-8,12H,9-11,13-16H2,1H3,(H3,22,24,25);1H. The van der Waals surface area contributed by atoms with Gasteiger partial charge in [0.05, 0.1) is 6.54 Å². The molecular formula is C21H29IN4O. The summed E-state index contributed by atoms with van der Waals surface area (Å²) in [7, 11) is 0. The zero-order valence-corrected chi connectivity index (χ0v) is 18.2. The number of guanidine groups is 1. The van der Waals surface area contributed by atoms with Crippen LogP contribution in [0.3, 0.4) is 0 Å². The van der Waals surface area contributed by atoms with Crippen molar-refractivity contribution in [1.82, 2.24) is 10.3 Å². The van der Waals surface area contributed by atoms with Gasteiger partial charge in [-0.25, -0.2) is 0 Å². The van der Waals surface area contributed by atoms with E-state index in [2.05, 4.69) is 46.5 Å². The maximum absolute atomic E-state index is 6.12. The average molecular weight is 480 g/mol. The molecule has 6 heteroatoms. The lowest BCUT2D eigenvalue weighted by Crippen LogP contribution is -2.40. The maximum Gasteiger partial charge on any atom is 0.188 e. The van der Waals surface area contributed by atoms with Crippen molar-refractivity contribution in [3.05, 3.63) is 65.5 Å². The molecule has 146 valence electrons. The Morgan fingerprint density at radius 2 is 1.93 bits per heavy atom. The van der Waals surface area contributed by atoms with Gasteiger partial charge in [0.2, 0.25) is 0 Å². The quantitative estimate of drug-likeness (QED) is 0.379. The number of ether oxygens (including phenoxy) is 1. The number of benzene rings is 1. The lowest BCUT2D eigenvalue weighted by Gasteiger charge is -2.37. The molecule has 1 saturated heterocycles. The van der Waals surface area contributed by atoms with Crippen LogP contribution in [0.15, 0.2) is 53.7 Å². The molecule has 3 rings (SSSR count). The molecule has 27 heavy (non-hydrogen) atoms. The number of hydrogen-bond donors (Lipinski definition) is 2. The summed E-state index contributed by atoms with van der Waals surface area (Å²) in [6.07, 6.45) is 4.59. The lowest BCUT2D eigenvalue weighted by atomic mass is 9.72. The number of aromatic nitrogens is 1. The Hall–Kier alpha value is -1.67. The van der Waals surface area contributed by atoms with Crippen molar-refractivity contribution >= 4 is 29.9 Å². The minimum absolute atomic E-state index is 0. The Morgan fingerprint density at radius 1 is 1.19 bits per heavy atom. The first-order chi connectivity index (χ1) is 12.7. The van der Waals surface area contributed by atoms with Crippen LogP contribution in [0.25, 0.3) is 0 Å². The molecule has 1 aliphatic heterocycles. The van der Waals surface area contributed by atoms with Gasteiger partial charge in [0, 0.05) is 43.5 Å². The van der Waals surface area contributed by atoms with Crippen LogP contribution in [-0.4, -0.2) is 37.2 Å². The molecule has 0 bridgehead atoms. The summed E-state index contributed by atoms with van der Waals surface area (Å²) in [5, 5.41) is 3.21. The van der Waals surface area contributed by atoms with Gasteiger partial charge < -0.3 is 15.8 Å². The van der Waals surface area contributed by atoms with Gasteiger partial charge in [0.1, 0.15) is 0 Å². The highest BCUT2D eigenvalue weighted by molar-refractivity contribution is 14.0. The molecule has 2 aromatic rings. The summed E-state index contributed by atoms with van der Waals surface area (Å²) in [5.74, 6) is 0.500. The van der Waals surface area contributed by atoms with E-state index in [0.717, 1.165) is 44.7 Å². The minimum atomic E-state index is 0. The van der Waals surface area contributed by atoms with Gasteiger partial charge in [-0.2, -0.15) is 0 Å². The first-order valence-corrected chi connectivity index (χ1v) is 9.27. The molecule has 0 spiro atoms. The molecule has 0 saturated carbocycles. The summed E-state index contributed by atoms with van der Waals surface area (Å²) in [5.41, 5.74) is 9.86. The average Bonchev–Trinajstić information content (AvgIpc) is 2.68. The van der Waals surface area contributed by atoms with Crippen molar-refractivity contribution in [2.75, 3.05) is 26.3 Å². The van der Waals surface area contributed by atoms with Crippen molar-refractivity contribution in [1.29, 1.82) is 0 Å². The van der Waals surface area contributed by atoms with Crippen LogP contribution in [0, 0.1) is 6.92 Å². The van der Waals surface area contributed by atoms with Gasteiger partial charge in [-0.15, -0.1) is 24.0 Å². The normalized spacial score (nSPS) is 16.4. The van der Waals surface area contributed by atoms with Crippen molar-refractivity contribution < 1.29 is 4.74 Å². The fourth-order valence-electron chi connectivity index (χ4n) is 3.60. The fourth-order valence-corrected chi connectivity index (χ4v) is 3.60. The Labute approximate surface area is 178 Å². The molecule has 1 aromatic carbocycles. The first kappa shape index (κ1) is 21.6. The van der Waals surface area contributed by atoms with E-state index in [-0.39, 0.29) is 29.4 Å². The van der Waals surface area contributed by atoms with Crippen LogP contribution in [0.5, 0.6) is 0 Å². The van der Waals surface area contributed by atoms with Crippen molar-refractivity contribution in [2.24, 2.45) is 10.7 Å². The summed E-state index contributed by atoms with van der Waals surface area (Å²) < 4.78 is 5.60. The topological polar surface area (TPSA) is 72.5 Å². The highest BCUT2D eigenvalue weighted by atomic mass is 127. The molecule has 0 amide bonds. The van der Waals surface area contributed by atoms with E-state index < -0.39 is 0 Å². The Morgan fingerprint density at radius 3 is 2.63 bits per heavy atom. The molecule has 1 aliphatic rings. The van der Waals surface area contributed by atoms with Crippen molar-refractivity contribution in [3.8, 4) is 0 Å². The van der Waals surface area contributed by atoms with Crippen molar-refractivity contribution in [2.45, 2.75) is 31.6 Å². The number of nitrogens with two attached hydrogens (primary N) is 1. The molecule has 0 aliphatic carbocycles. The second-order valence-corrected chi connectivity index (χ2v) is 6.91. The summed E-state index contributed by atoms with van der Waals surface area (Å²) >= 11 is 0. The molecule has 2 heterocycles. The molecular weight excluding hydrogens is 451 g/mol. The number of nitrogens with zero attached hydrogens (tertiary/aromatic N) is 2. The second kappa shape index (κ2) is 10.6. The lowest BCUT2D eigenvalue weighted by molar-refractivity contribution is 0.0529. The number of aryl methyl sites for hydroxylation is 1. The van der Waals surface area contributed by atoms with E-state index in [1.54, 1.807) is 0 Å². The van der Waals surface area contributed by atoms with Gasteiger partial charge in [-0.3, -0.25) is 9.98 Å². The Balaban J connectivity index is 0.00000261. The first-order valence-electron chi connectivity index (χ1n) is 9.27. The van der Waals surface area contributed by atoms with Crippen LogP contribution in [0.2, 0.25) is 0 Å². The summed E-state index contributed by atoms with van der Waals surface area (Å²) in [6, 6.07) is 14.5. The zero-order chi connectivity index (χ0) is 18.2. The predicted octanol–water partition coefficient (Wildman–Crippen LogP) is 3.20. The maximum atomic E-state index is 6.12. The molecule has 1 aromatic heterocycles. The van der Waals surface area contributed by atoms with Gasteiger partial charge in [-0.1, -0.05) is 30.3 Å². The molecule has 0 atom stereocenters. The van der Waals surface area contributed by atoms with Crippen LogP contribution in [0.4, 0.5) is 0 Å². The van der Waals surface area contributed by atoms with Gasteiger partial charge in [0.25, 0.3) is 0 Å². The van der Waals surface area contributed by atoms with Gasteiger partial charge in [-0.05, 0) is 43.0 Å². The highest BCUT2D eigenvalue weighted by Gasteiger charge is 2.35. The fraction of sp³-hybridized carbons (Fsp3) is 0.429. The Kier molecular flexibility index (Phi) is 8.50. The summed E-state index contributed by atoms with van der Waals surface area (Å²) in [4.78, 5) is 9.00. The summed E-state index contributed by atoms with van der Waals surface area (Å²) in [6.45, 7) is 5.13. The van der Waals surface area contributed by atoms with E-state index in [9.17, 15) is 0 Å². The second-order valence-electron chi connectivity index (χ2n) is 6.91. The number of hydrogen-bond acceptors (Lipinski definition) is 3. The SMILES string of the molecule is Cc1ccccc1C1(CN=C(N)NCCc2ccccn2)CCOCC1.I. The largest absolute Gasteiger partial charge is 0.381 e. The van der Waals surface area contributed by atoms with Crippen LogP contribution < -0.4 is 11.1 Å². The zero-order valence-electron chi connectivity index (χ0n) is 15.9. The van der Waals surface area contributed by atoms with E-state index in [1.165, 1.54) is 11.1 Å². The molecule has 0 unspecified atom stereocenters. The van der Waals surface area contributed by atoms with Gasteiger partial charge >= 0.3 is 0 Å². The van der Waals surface area contributed by atoms with Crippen LogP contribution in [0.1, 0.15) is 29.7 Å². The number of rotatable bonds is 6. The van der Waals surface area contributed by atoms with Crippen molar-refractivity contribution in [3.63, 3.8) is 0 Å². The third kappa shape index (κ3) is 5.90. The number of nitrogens with one attached hydrogen (secondary N) is 1. The smallest absolute Gasteiger partial charge is 0.188 e. The van der Waals surface area contributed by atoms with Crippen LogP contribution >= 0.6 is 24.0 Å². The van der Waals surface area contributed by atoms with Gasteiger partial charge in [0.15, 0.2) is 5.96 Å². The number of pyridine rings is 1. The number of aliphatic imine (C=N–C) groups is 1. The minimum Gasteiger partial charge on any atom is -0.381 e. The third-order valence-electron chi connectivity index (χ3n) is 5.13. The number of halogens is 1. The van der Waals surface area contributed by atoms with E-state index in [1.807, 2.05) is 24.4 Å². The van der Waals surface area contributed by atoms with Crippen LogP contribution in [-0.2, 0) is 16.6 Å². The molecule has 5 nitrogen and oxygen atoms in total. The van der Waals surface area contributed by atoms with E-state index in [0.29, 0.717) is 12.5 Å². The molecule has 1 fully saturated rings. The highest BCUT2D eigenvalue weighted by Crippen LogP contribution is 2.36. The van der Waals surface area contributed by atoms with E-state index >= 15 is 0 Å². The third-order valence-corrected chi connectivity index (χ3v) is 5.13. The monoisotopic (exact) mass is 480 g/mol.